The molecule has 0 saturated heterocycles. The smallest absolute Gasteiger partial charge is 0.200 e. The van der Waals surface area contributed by atoms with Gasteiger partial charge in [-0.05, 0) is 50.9 Å². The maximum absolute atomic E-state index is 4.32. The molecule has 0 spiro atoms. The van der Waals surface area contributed by atoms with Crippen LogP contribution in [-0.2, 0) is 5.75 Å². The van der Waals surface area contributed by atoms with Crippen LogP contribution in [0, 0.1) is 0 Å². The average Bonchev–Trinajstić information content (AvgIpc) is 2.95. The van der Waals surface area contributed by atoms with Gasteiger partial charge in [-0.2, -0.15) is 21.4 Å². The lowest BCUT2D eigenvalue weighted by atomic mass is 10.7. The minimum atomic E-state index is 0.581. The summed E-state index contributed by atoms with van der Waals surface area (Å²) in [6.45, 7) is 0. The maximum atomic E-state index is 4.32. The van der Waals surface area contributed by atoms with Crippen LogP contribution in [-0.4, -0.2) is 25.0 Å². The zero-order valence-electron chi connectivity index (χ0n) is 7.98. The number of hydrogen-bond acceptors (Lipinski definition) is 10. The molecule has 86 valence electrons. The molecular weight excluding hydrogens is 320 g/mol. The highest BCUT2D eigenvalue weighted by Crippen LogP contribution is 2.39. The van der Waals surface area contributed by atoms with Gasteiger partial charge in [0.1, 0.15) is 0 Å². The van der Waals surface area contributed by atoms with Gasteiger partial charge in [0.15, 0.2) is 14.5 Å². The van der Waals surface area contributed by atoms with E-state index < -0.39 is 0 Å². The molecule has 0 radical (unpaired) electrons. The first-order chi connectivity index (χ1) is 7.81. The largest absolute Gasteiger partial charge is 0.211 e. The van der Waals surface area contributed by atoms with Crippen molar-refractivity contribution in [1.29, 1.82) is 0 Å². The van der Waals surface area contributed by atoms with Gasteiger partial charge in [0.05, 0.1) is 5.75 Å². The summed E-state index contributed by atoms with van der Waals surface area (Å²) in [6, 6.07) is 0. The van der Waals surface area contributed by atoms with E-state index in [0.717, 1.165) is 19.7 Å². The zero-order chi connectivity index (χ0) is 11.4. The molecule has 0 aliphatic carbocycles. The molecule has 0 fully saturated rings. The molecule has 0 atom stereocenters. The molecule has 2 heterocycles. The number of hydrogen-bond donors (Lipinski definition) is 1. The molecule has 2 rings (SSSR count). The molecule has 0 aromatic carbocycles. The third kappa shape index (κ3) is 3.50. The molecule has 10 heteroatoms. The van der Waals surface area contributed by atoms with E-state index >= 15 is 0 Å². The molecule has 0 bridgehead atoms. The Hall–Kier alpha value is 0.520. The molecule has 2 aromatic rings. The van der Waals surface area contributed by atoms with E-state index in [9.17, 15) is 0 Å². The highest BCUT2D eigenvalue weighted by molar-refractivity contribution is 8.77. The second-order valence-electron chi connectivity index (χ2n) is 2.35. The predicted octanol–water partition coefficient (Wildman–Crippen LogP) is 3.34. The summed E-state index contributed by atoms with van der Waals surface area (Å²) in [5, 5.41) is 0.821. The molecule has 2 aromatic heterocycles. The Kier molecular flexibility index (Phi) is 5.23. The van der Waals surface area contributed by atoms with E-state index in [1.807, 2.05) is 6.26 Å². The molecule has 4 nitrogen and oxygen atoms in total. The van der Waals surface area contributed by atoms with E-state index in [1.54, 1.807) is 33.3 Å². The van der Waals surface area contributed by atoms with Crippen LogP contribution in [0.3, 0.4) is 0 Å². The molecule has 0 saturated carbocycles. The summed E-state index contributed by atoms with van der Waals surface area (Å²) in [5.74, 6) is 1.36. The van der Waals surface area contributed by atoms with E-state index in [1.165, 1.54) is 23.1 Å². The van der Waals surface area contributed by atoms with Gasteiger partial charge in [-0.25, -0.2) is 9.97 Å². The summed E-state index contributed by atoms with van der Waals surface area (Å²) in [5.41, 5.74) is 0. The van der Waals surface area contributed by atoms with Gasteiger partial charge in [0.2, 0.25) is 5.16 Å². The summed E-state index contributed by atoms with van der Waals surface area (Å²) in [7, 11) is 3.12. The minimum absolute atomic E-state index is 0.581. The minimum Gasteiger partial charge on any atom is -0.211 e. The highest BCUT2D eigenvalue weighted by Gasteiger charge is 2.08. The lowest BCUT2D eigenvalue weighted by Crippen LogP contribution is -1.77. The highest BCUT2D eigenvalue weighted by atomic mass is 33.1. The van der Waals surface area contributed by atoms with Crippen molar-refractivity contribution in [1.82, 2.24) is 18.7 Å². The number of aromatic nitrogens is 4. The van der Waals surface area contributed by atoms with Crippen molar-refractivity contribution in [2.24, 2.45) is 0 Å². The van der Waals surface area contributed by atoms with Crippen LogP contribution < -0.4 is 0 Å². The molecule has 0 N–H and O–H groups in total. The van der Waals surface area contributed by atoms with Gasteiger partial charge in [-0.3, -0.25) is 0 Å². The quantitative estimate of drug-likeness (QED) is 0.514. The summed E-state index contributed by atoms with van der Waals surface area (Å²) >= 11 is 8.47. The molecule has 16 heavy (non-hydrogen) atoms. The van der Waals surface area contributed by atoms with Gasteiger partial charge in [0.25, 0.3) is 0 Å². The van der Waals surface area contributed by atoms with Crippen molar-refractivity contribution in [2.45, 2.75) is 19.6 Å². The number of thiol groups is 1. The van der Waals surface area contributed by atoms with Crippen molar-refractivity contribution < 1.29 is 0 Å². The Morgan fingerprint density at radius 3 is 2.38 bits per heavy atom. The lowest BCUT2D eigenvalue weighted by Gasteiger charge is -1.89. The van der Waals surface area contributed by atoms with Gasteiger partial charge in [0, 0.05) is 0 Å². The Balaban J connectivity index is 1.91. The first-order valence-corrected chi connectivity index (χ1v) is 9.53. The van der Waals surface area contributed by atoms with Crippen LogP contribution in [0.5, 0.6) is 0 Å². The molecule has 0 amide bonds. The Labute approximate surface area is 119 Å². The van der Waals surface area contributed by atoms with Crippen molar-refractivity contribution in [2.75, 3.05) is 6.26 Å². The van der Waals surface area contributed by atoms with Gasteiger partial charge in [-0.1, -0.05) is 11.8 Å². The topological polar surface area (TPSA) is 51.6 Å². The van der Waals surface area contributed by atoms with E-state index in [-0.39, 0.29) is 0 Å². The second-order valence-corrected chi connectivity index (χ2v) is 7.57. The van der Waals surface area contributed by atoms with Crippen LogP contribution in [0.4, 0.5) is 0 Å². The fourth-order valence-corrected chi connectivity index (χ4v) is 5.11. The van der Waals surface area contributed by atoms with Crippen molar-refractivity contribution >= 4 is 69.0 Å². The monoisotopic (exact) mass is 326 g/mol. The van der Waals surface area contributed by atoms with Crippen LogP contribution >= 0.6 is 69.0 Å². The third-order valence-electron chi connectivity index (χ3n) is 1.35. The number of nitrogens with zero attached hydrogens (tertiary/aromatic N) is 4. The van der Waals surface area contributed by atoms with Crippen LogP contribution in [0.15, 0.2) is 13.8 Å². The second kappa shape index (κ2) is 6.45. The van der Waals surface area contributed by atoms with Gasteiger partial charge >= 0.3 is 0 Å². The predicted molar refractivity (Wildman–Crippen MR) is 76.0 cm³/mol. The zero-order valence-corrected chi connectivity index (χ0v) is 13.0. The maximum Gasteiger partial charge on any atom is 0.200 e. The first-order valence-electron chi connectivity index (χ1n) is 3.97. The molecular formula is C6H6N4S6. The van der Waals surface area contributed by atoms with E-state index in [0.29, 0.717) is 5.75 Å². The SMILES string of the molecule is CSc1nsc(SSc2nc(CS)ns2)n1. The van der Waals surface area contributed by atoms with Crippen LogP contribution in [0.1, 0.15) is 5.82 Å². The fourth-order valence-electron chi connectivity index (χ4n) is 0.721. The summed E-state index contributed by atoms with van der Waals surface area (Å²) < 4.78 is 10.2. The van der Waals surface area contributed by atoms with E-state index in [2.05, 4.69) is 31.3 Å². The average molecular weight is 327 g/mol. The van der Waals surface area contributed by atoms with Crippen LogP contribution in [0.2, 0.25) is 0 Å². The molecule has 0 aliphatic rings. The Bertz CT molecular complexity index is 411. The third-order valence-corrected chi connectivity index (χ3v) is 6.68. The number of thioether (sulfide) groups is 1. The van der Waals surface area contributed by atoms with Crippen molar-refractivity contribution in [3.05, 3.63) is 5.82 Å². The van der Waals surface area contributed by atoms with Gasteiger partial charge in [-0.15, -0.1) is 0 Å². The standard InChI is InChI=1S/C6H6N4S6/c1-12-4-8-6(14-10-4)16-15-5-7-3(2-11)9-13-5/h11H,2H2,1H3. The molecule has 0 unspecified atom stereocenters. The van der Waals surface area contributed by atoms with E-state index in [4.69, 9.17) is 0 Å². The van der Waals surface area contributed by atoms with Crippen molar-refractivity contribution in [3.8, 4) is 0 Å². The summed E-state index contributed by atoms with van der Waals surface area (Å²) in [6.07, 6.45) is 1.97. The Morgan fingerprint density at radius 2 is 1.81 bits per heavy atom. The Morgan fingerprint density at radius 1 is 1.12 bits per heavy atom. The first kappa shape index (κ1) is 13.0. The van der Waals surface area contributed by atoms with Crippen LogP contribution in [0.25, 0.3) is 0 Å². The van der Waals surface area contributed by atoms with Crippen molar-refractivity contribution in [3.63, 3.8) is 0 Å². The summed E-state index contributed by atoms with van der Waals surface area (Å²) in [4.78, 5) is 8.62. The number of rotatable bonds is 5. The fraction of sp³-hybridized carbons (Fsp3) is 0.333. The molecule has 0 aliphatic heterocycles. The lowest BCUT2D eigenvalue weighted by molar-refractivity contribution is 1.03. The van der Waals surface area contributed by atoms with Gasteiger partial charge < -0.3 is 0 Å². The normalized spacial score (nSPS) is 10.9.